The molecule has 1 aromatic carbocycles. The van der Waals surface area contributed by atoms with Gasteiger partial charge in [0.2, 0.25) is 0 Å². The highest BCUT2D eigenvalue weighted by molar-refractivity contribution is 6.05. The highest BCUT2D eigenvalue weighted by atomic mass is 16.5. The lowest BCUT2D eigenvalue weighted by Crippen LogP contribution is -2.16. The molecule has 0 atom stereocenters. The minimum Gasteiger partial charge on any atom is -0.482 e. The summed E-state index contributed by atoms with van der Waals surface area (Å²) >= 11 is 0. The van der Waals surface area contributed by atoms with Crippen molar-refractivity contribution in [3.8, 4) is 5.75 Å². The summed E-state index contributed by atoms with van der Waals surface area (Å²) in [6.07, 6.45) is 7.53. The molecule has 1 amide bonds. The van der Waals surface area contributed by atoms with Gasteiger partial charge in [0.05, 0.1) is 11.3 Å². The van der Waals surface area contributed by atoms with Gasteiger partial charge in [0.1, 0.15) is 5.75 Å². The van der Waals surface area contributed by atoms with Crippen molar-refractivity contribution in [3.63, 3.8) is 0 Å². The number of benzene rings is 1. The van der Waals surface area contributed by atoms with Crippen molar-refractivity contribution >= 4 is 17.6 Å². The minimum absolute atomic E-state index is 0.183. The number of anilines is 1. The van der Waals surface area contributed by atoms with E-state index in [0.717, 1.165) is 18.5 Å². The second-order valence-corrected chi connectivity index (χ2v) is 6.60. The number of rotatable bonds is 6. The van der Waals surface area contributed by atoms with Gasteiger partial charge >= 0.3 is 5.97 Å². The van der Waals surface area contributed by atoms with Gasteiger partial charge in [-0.2, -0.15) is 5.10 Å². The molecule has 1 heterocycles. The topological polar surface area (TPSA) is 93.5 Å². The van der Waals surface area contributed by atoms with Crippen molar-refractivity contribution in [1.82, 2.24) is 9.78 Å². The number of carbonyl (C=O) groups is 2. The van der Waals surface area contributed by atoms with Gasteiger partial charge in [0, 0.05) is 24.8 Å². The minimum atomic E-state index is -1.03. The van der Waals surface area contributed by atoms with Crippen LogP contribution in [0.2, 0.25) is 0 Å². The van der Waals surface area contributed by atoms with Crippen molar-refractivity contribution < 1.29 is 19.4 Å². The van der Waals surface area contributed by atoms with Crippen LogP contribution in [0.5, 0.6) is 5.75 Å². The highest BCUT2D eigenvalue weighted by Crippen LogP contribution is 2.33. The number of carboxylic acid groups (broad SMARTS) is 1. The lowest BCUT2D eigenvalue weighted by Gasteiger charge is -2.20. The first-order valence-corrected chi connectivity index (χ1v) is 8.82. The summed E-state index contributed by atoms with van der Waals surface area (Å²) in [5.74, 6) is -0.431. The Morgan fingerprint density at radius 2 is 1.92 bits per heavy atom. The molecule has 0 saturated heterocycles. The Bertz CT molecular complexity index is 777. The number of hydrogen-bond donors (Lipinski definition) is 2. The first-order valence-electron chi connectivity index (χ1n) is 8.82. The van der Waals surface area contributed by atoms with Crippen LogP contribution in [0.15, 0.2) is 30.5 Å². The maximum atomic E-state index is 12.7. The van der Waals surface area contributed by atoms with E-state index in [1.54, 1.807) is 35.1 Å². The summed E-state index contributed by atoms with van der Waals surface area (Å²) in [7, 11) is 1.83. The fourth-order valence-electron chi connectivity index (χ4n) is 3.34. The van der Waals surface area contributed by atoms with Crippen molar-refractivity contribution in [2.75, 3.05) is 11.9 Å². The molecule has 1 aliphatic carbocycles. The Kier molecular flexibility index (Phi) is 5.55. The number of aromatic nitrogens is 2. The zero-order valence-corrected chi connectivity index (χ0v) is 14.8. The van der Waals surface area contributed by atoms with Gasteiger partial charge in [-0.05, 0) is 37.1 Å². The summed E-state index contributed by atoms with van der Waals surface area (Å²) in [5.41, 5.74) is 2.12. The zero-order valence-electron chi connectivity index (χ0n) is 14.8. The maximum absolute atomic E-state index is 12.7. The normalized spacial score (nSPS) is 14.8. The van der Waals surface area contributed by atoms with Gasteiger partial charge in [-0.3, -0.25) is 9.48 Å². The molecule has 0 spiro atoms. The molecule has 3 rings (SSSR count). The largest absolute Gasteiger partial charge is 0.482 e. The lowest BCUT2D eigenvalue weighted by molar-refractivity contribution is -0.139. The SMILES string of the molecule is Cn1cc(C(=O)Nc2ccc(OCC(=O)O)cc2)c(C2CCCCC2)n1. The van der Waals surface area contributed by atoms with Crippen LogP contribution in [-0.4, -0.2) is 33.4 Å². The second kappa shape index (κ2) is 8.03. The molecule has 1 aromatic heterocycles. The van der Waals surface area contributed by atoms with Crippen LogP contribution in [0, 0.1) is 0 Å². The van der Waals surface area contributed by atoms with Crippen molar-refractivity contribution in [2.45, 2.75) is 38.0 Å². The number of nitrogens with zero attached hydrogens (tertiary/aromatic N) is 2. The van der Waals surface area contributed by atoms with E-state index >= 15 is 0 Å². The Hall–Kier alpha value is -2.83. The molecule has 7 heteroatoms. The van der Waals surface area contributed by atoms with Crippen LogP contribution in [-0.2, 0) is 11.8 Å². The van der Waals surface area contributed by atoms with E-state index < -0.39 is 12.6 Å². The molecular formula is C19H23N3O4. The van der Waals surface area contributed by atoms with Gasteiger partial charge in [0.15, 0.2) is 6.61 Å². The maximum Gasteiger partial charge on any atom is 0.341 e. The molecule has 26 heavy (non-hydrogen) atoms. The van der Waals surface area contributed by atoms with E-state index in [-0.39, 0.29) is 5.91 Å². The Morgan fingerprint density at radius 1 is 1.23 bits per heavy atom. The van der Waals surface area contributed by atoms with E-state index in [9.17, 15) is 9.59 Å². The van der Waals surface area contributed by atoms with Gasteiger partial charge in [-0.1, -0.05) is 19.3 Å². The van der Waals surface area contributed by atoms with E-state index in [2.05, 4.69) is 10.4 Å². The van der Waals surface area contributed by atoms with Gasteiger partial charge in [-0.15, -0.1) is 0 Å². The third-order valence-electron chi connectivity index (χ3n) is 4.57. The van der Waals surface area contributed by atoms with Gasteiger partial charge in [-0.25, -0.2) is 4.79 Å². The van der Waals surface area contributed by atoms with Crippen molar-refractivity contribution in [1.29, 1.82) is 0 Å². The van der Waals surface area contributed by atoms with Crippen molar-refractivity contribution in [3.05, 3.63) is 41.7 Å². The number of hydrogen-bond acceptors (Lipinski definition) is 4. The van der Waals surface area contributed by atoms with Gasteiger partial charge in [0.25, 0.3) is 5.91 Å². The number of aliphatic carboxylic acids is 1. The monoisotopic (exact) mass is 357 g/mol. The fourth-order valence-corrected chi connectivity index (χ4v) is 3.34. The van der Waals surface area contributed by atoms with Crippen LogP contribution in [0.25, 0.3) is 0 Å². The molecule has 2 aromatic rings. The van der Waals surface area contributed by atoms with E-state index in [0.29, 0.717) is 22.9 Å². The number of amides is 1. The number of carboxylic acids is 1. The third-order valence-corrected chi connectivity index (χ3v) is 4.57. The van der Waals surface area contributed by atoms with Crippen LogP contribution >= 0.6 is 0 Å². The number of ether oxygens (including phenoxy) is 1. The highest BCUT2D eigenvalue weighted by Gasteiger charge is 2.25. The van der Waals surface area contributed by atoms with E-state index in [4.69, 9.17) is 9.84 Å². The van der Waals surface area contributed by atoms with Gasteiger partial charge < -0.3 is 15.2 Å². The average molecular weight is 357 g/mol. The molecule has 7 nitrogen and oxygen atoms in total. The quantitative estimate of drug-likeness (QED) is 0.828. The first-order chi connectivity index (χ1) is 12.5. The molecule has 0 unspecified atom stereocenters. The molecule has 0 aliphatic heterocycles. The Labute approximate surface area is 152 Å². The fraction of sp³-hybridized carbons (Fsp3) is 0.421. The third kappa shape index (κ3) is 4.41. The summed E-state index contributed by atoms with van der Waals surface area (Å²) in [4.78, 5) is 23.2. The van der Waals surface area contributed by atoms with E-state index in [1.165, 1.54) is 19.3 Å². The molecule has 0 radical (unpaired) electrons. The molecule has 2 N–H and O–H groups in total. The summed E-state index contributed by atoms with van der Waals surface area (Å²) < 4.78 is 6.78. The predicted octanol–water partition coefficient (Wildman–Crippen LogP) is 3.18. The Morgan fingerprint density at radius 3 is 2.58 bits per heavy atom. The second-order valence-electron chi connectivity index (χ2n) is 6.60. The zero-order chi connectivity index (χ0) is 18.5. The lowest BCUT2D eigenvalue weighted by atomic mass is 9.85. The molecular weight excluding hydrogens is 334 g/mol. The number of nitrogens with one attached hydrogen (secondary N) is 1. The van der Waals surface area contributed by atoms with Crippen LogP contribution in [0.1, 0.15) is 54.1 Å². The first kappa shape index (κ1) is 18.0. The standard InChI is InChI=1S/C19H23N3O4/c1-22-11-16(18(21-22)13-5-3-2-4-6-13)19(25)20-14-7-9-15(10-8-14)26-12-17(23)24/h7-11,13H,2-6,12H2,1H3,(H,20,25)(H,23,24). The van der Waals surface area contributed by atoms with Crippen LogP contribution < -0.4 is 10.1 Å². The van der Waals surface area contributed by atoms with Crippen LogP contribution in [0.3, 0.4) is 0 Å². The summed E-state index contributed by atoms with van der Waals surface area (Å²) in [6, 6.07) is 6.63. The molecule has 1 fully saturated rings. The summed E-state index contributed by atoms with van der Waals surface area (Å²) in [6.45, 7) is -0.397. The smallest absolute Gasteiger partial charge is 0.341 e. The predicted molar refractivity (Wildman–Crippen MR) is 96.6 cm³/mol. The molecule has 1 saturated carbocycles. The molecule has 0 bridgehead atoms. The van der Waals surface area contributed by atoms with Crippen LogP contribution in [0.4, 0.5) is 5.69 Å². The number of carbonyl (C=O) groups excluding carboxylic acids is 1. The Balaban J connectivity index is 1.69. The summed E-state index contributed by atoms with van der Waals surface area (Å²) in [5, 5.41) is 16.0. The number of aryl methyl sites for hydroxylation is 1. The van der Waals surface area contributed by atoms with Crippen molar-refractivity contribution in [2.24, 2.45) is 7.05 Å². The molecule has 138 valence electrons. The van der Waals surface area contributed by atoms with E-state index in [1.807, 2.05) is 7.05 Å². The molecule has 1 aliphatic rings. The average Bonchev–Trinajstić information content (AvgIpc) is 3.04.